The second kappa shape index (κ2) is 4.89. The van der Waals surface area contributed by atoms with E-state index >= 15 is 0 Å². The minimum Gasteiger partial charge on any atom is -0.495 e. The normalized spacial score (nSPS) is 13.7. The zero-order valence-electron chi connectivity index (χ0n) is 13.4. The third-order valence-electron chi connectivity index (χ3n) is 4.20. The van der Waals surface area contributed by atoms with Crippen molar-refractivity contribution in [2.75, 3.05) is 12.0 Å². The van der Waals surface area contributed by atoms with Crippen molar-refractivity contribution in [3.63, 3.8) is 0 Å². The topological polar surface area (TPSA) is 77.3 Å². The van der Waals surface area contributed by atoms with Gasteiger partial charge in [-0.2, -0.15) is 5.10 Å². The van der Waals surface area contributed by atoms with E-state index in [1.54, 1.807) is 42.9 Å². The average molecular weight is 322 g/mol. The van der Waals surface area contributed by atoms with Crippen LogP contribution in [0, 0.1) is 6.92 Å². The minimum absolute atomic E-state index is 0.287. The summed E-state index contributed by atoms with van der Waals surface area (Å²) in [6.07, 6.45) is 1.44. The minimum atomic E-state index is -0.405. The number of pyridine rings is 1. The first kappa shape index (κ1) is 14.4. The number of imide groups is 1. The fourth-order valence-electron chi connectivity index (χ4n) is 3.15. The van der Waals surface area contributed by atoms with Crippen molar-refractivity contribution in [2.45, 2.75) is 6.92 Å². The van der Waals surface area contributed by atoms with Crippen LogP contribution in [0.25, 0.3) is 11.0 Å². The molecule has 3 aromatic rings. The molecule has 3 heterocycles. The SMILES string of the molecule is COc1ccccc1N1C(=O)c2cnc3c(c(C)nn3C)c2C1=O. The van der Waals surface area contributed by atoms with Gasteiger partial charge in [0.1, 0.15) is 5.75 Å². The third-order valence-corrected chi connectivity index (χ3v) is 4.20. The van der Waals surface area contributed by atoms with Crippen LogP contribution in [-0.2, 0) is 7.05 Å². The van der Waals surface area contributed by atoms with Gasteiger partial charge in [0.15, 0.2) is 5.65 Å². The van der Waals surface area contributed by atoms with Crippen LogP contribution in [0.4, 0.5) is 5.69 Å². The Morgan fingerprint density at radius 1 is 1.12 bits per heavy atom. The summed E-state index contributed by atoms with van der Waals surface area (Å²) in [6, 6.07) is 6.93. The molecule has 1 aromatic carbocycles. The number of carbonyl (C=O) groups is 2. The lowest BCUT2D eigenvalue weighted by atomic mass is 10.1. The standard InChI is InChI=1S/C17H14N4O3/c1-9-13-14-10(8-18-15(13)20(2)19-9)16(22)21(17(14)23)11-6-4-5-7-12(11)24-3/h4-8H,1-3H3. The van der Waals surface area contributed by atoms with E-state index in [1.807, 2.05) is 0 Å². The molecular weight excluding hydrogens is 308 g/mol. The molecule has 0 saturated heterocycles. The number of amides is 2. The lowest BCUT2D eigenvalue weighted by molar-refractivity contribution is 0.0925. The summed E-state index contributed by atoms with van der Waals surface area (Å²) in [5, 5.41) is 4.92. The van der Waals surface area contributed by atoms with E-state index in [1.165, 1.54) is 13.3 Å². The second-order valence-electron chi connectivity index (χ2n) is 5.57. The molecule has 24 heavy (non-hydrogen) atoms. The fourth-order valence-corrected chi connectivity index (χ4v) is 3.15. The van der Waals surface area contributed by atoms with Crippen LogP contribution in [0.3, 0.4) is 0 Å². The van der Waals surface area contributed by atoms with Gasteiger partial charge in [-0.15, -0.1) is 0 Å². The van der Waals surface area contributed by atoms with E-state index in [0.717, 1.165) is 4.90 Å². The number of ether oxygens (including phenoxy) is 1. The zero-order valence-corrected chi connectivity index (χ0v) is 13.4. The van der Waals surface area contributed by atoms with Crippen LogP contribution < -0.4 is 9.64 Å². The number of nitrogens with zero attached hydrogens (tertiary/aromatic N) is 4. The van der Waals surface area contributed by atoms with Gasteiger partial charge >= 0.3 is 0 Å². The number of benzene rings is 1. The van der Waals surface area contributed by atoms with Gasteiger partial charge in [0.2, 0.25) is 0 Å². The molecule has 0 N–H and O–H groups in total. The summed E-state index contributed by atoms with van der Waals surface area (Å²) < 4.78 is 6.90. The molecule has 2 amide bonds. The highest BCUT2D eigenvalue weighted by Gasteiger charge is 2.40. The Morgan fingerprint density at radius 3 is 2.62 bits per heavy atom. The molecule has 7 heteroatoms. The van der Waals surface area contributed by atoms with Crippen LogP contribution >= 0.6 is 0 Å². The predicted molar refractivity (Wildman–Crippen MR) is 87.4 cm³/mol. The molecule has 0 bridgehead atoms. The molecule has 4 rings (SSSR count). The maximum atomic E-state index is 13.0. The molecule has 0 atom stereocenters. The summed E-state index contributed by atoms with van der Waals surface area (Å²) in [6.45, 7) is 1.80. The van der Waals surface area contributed by atoms with E-state index in [4.69, 9.17) is 4.74 Å². The molecule has 0 spiro atoms. The molecule has 1 aliphatic heterocycles. The van der Waals surface area contributed by atoms with Crippen molar-refractivity contribution in [1.29, 1.82) is 0 Å². The number of aryl methyl sites for hydroxylation is 2. The van der Waals surface area contributed by atoms with Crippen molar-refractivity contribution in [3.05, 3.63) is 47.3 Å². The van der Waals surface area contributed by atoms with Crippen LogP contribution in [-0.4, -0.2) is 33.7 Å². The third kappa shape index (κ3) is 1.72. The van der Waals surface area contributed by atoms with Gasteiger partial charge in [-0.25, -0.2) is 9.88 Å². The Hall–Kier alpha value is -3.22. The lowest BCUT2D eigenvalue weighted by Gasteiger charge is -2.16. The van der Waals surface area contributed by atoms with Crippen molar-refractivity contribution in [1.82, 2.24) is 14.8 Å². The Balaban J connectivity index is 1.98. The van der Waals surface area contributed by atoms with Crippen LogP contribution in [0.15, 0.2) is 30.5 Å². The van der Waals surface area contributed by atoms with Crippen molar-refractivity contribution in [2.24, 2.45) is 7.05 Å². The summed E-state index contributed by atoms with van der Waals surface area (Å²) in [7, 11) is 3.26. The maximum absolute atomic E-state index is 13.0. The quantitative estimate of drug-likeness (QED) is 0.675. The van der Waals surface area contributed by atoms with Crippen LogP contribution in [0.1, 0.15) is 26.4 Å². The Labute approximate surface area is 137 Å². The highest BCUT2D eigenvalue weighted by atomic mass is 16.5. The summed E-state index contributed by atoms with van der Waals surface area (Å²) in [4.78, 5) is 31.3. The molecule has 0 radical (unpaired) electrons. The number of rotatable bonds is 2. The number of hydrogen-bond donors (Lipinski definition) is 0. The molecule has 0 saturated carbocycles. The van der Waals surface area contributed by atoms with Crippen LogP contribution in [0.5, 0.6) is 5.75 Å². The van der Waals surface area contributed by atoms with E-state index in [-0.39, 0.29) is 11.5 Å². The van der Waals surface area contributed by atoms with Crippen LogP contribution in [0.2, 0.25) is 0 Å². The largest absolute Gasteiger partial charge is 0.495 e. The highest BCUT2D eigenvalue weighted by molar-refractivity contribution is 6.37. The highest BCUT2D eigenvalue weighted by Crippen LogP contribution is 2.37. The van der Waals surface area contributed by atoms with Gasteiger partial charge in [-0.1, -0.05) is 12.1 Å². The fraction of sp³-hybridized carbons (Fsp3) is 0.176. The Morgan fingerprint density at radius 2 is 1.88 bits per heavy atom. The molecule has 1 aliphatic rings. The molecule has 0 unspecified atom stereocenters. The first-order valence-corrected chi connectivity index (χ1v) is 7.38. The number of hydrogen-bond acceptors (Lipinski definition) is 5. The van der Waals surface area contributed by atoms with Crippen molar-refractivity contribution in [3.8, 4) is 5.75 Å². The molecular formula is C17H14N4O3. The molecule has 2 aromatic heterocycles. The lowest BCUT2D eigenvalue weighted by Crippen LogP contribution is -2.29. The van der Waals surface area contributed by atoms with Gasteiger partial charge < -0.3 is 4.74 Å². The Kier molecular flexibility index (Phi) is 2.93. The van der Waals surface area contributed by atoms with E-state index in [0.29, 0.717) is 33.7 Å². The number of aromatic nitrogens is 3. The zero-order chi connectivity index (χ0) is 17.0. The molecule has 120 valence electrons. The van der Waals surface area contributed by atoms with Crippen molar-refractivity contribution < 1.29 is 14.3 Å². The maximum Gasteiger partial charge on any atom is 0.267 e. The number of methoxy groups -OCH3 is 1. The van der Waals surface area contributed by atoms with Gasteiger partial charge in [-0.05, 0) is 19.1 Å². The summed E-state index contributed by atoms with van der Waals surface area (Å²) in [5.41, 5.74) is 2.30. The van der Waals surface area contributed by atoms with Gasteiger partial charge in [-0.3, -0.25) is 14.3 Å². The summed E-state index contributed by atoms with van der Waals surface area (Å²) in [5.74, 6) is -0.334. The molecule has 0 fully saturated rings. The van der Waals surface area contributed by atoms with E-state index in [9.17, 15) is 9.59 Å². The van der Waals surface area contributed by atoms with Gasteiger partial charge in [0.25, 0.3) is 11.8 Å². The first-order chi connectivity index (χ1) is 11.5. The first-order valence-electron chi connectivity index (χ1n) is 7.38. The second-order valence-corrected chi connectivity index (χ2v) is 5.57. The smallest absolute Gasteiger partial charge is 0.267 e. The number of carbonyl (C=O) groups excluding carboxylic acids is 2. The monoisotopic (exact) mass is 322 g/mol. The number of anilines is 1. The summed E-state index contributed by atoms with van der Waals surface area (Å²) >= 11 is 0. The van der Waals surface area contributed by atoms with E-state index < -0.39 is 5.91 Å². The predicted octanol–water partition coefficient (Wildman–Crippen LogP) is 2.09. The van der Waals surface area contributed by atoms with Gasteiger partial charge in [0.05, 0.1) is 35.0 Å². The molecule has 0 aliphatic carbocycles. The van der Waals surface area contributed by atoms with Gasteiger partial charge in [0, 0.05) is 13.2 Å². The number of fused-ring (bicyclic) bond motifs is 3. The van der Waals surface area contributed by atoms with E-state index in [2.05, 4.69) is 10.1 Å². The Bertz CT molecular complexity index is 1020. The van der Waals surface area contributed by atoms with Crippen molar-refractivity contribution >= 4 is 28.5 Å². The number of para-hydroxylation sites is 2. The molecule has 7 nitrogen and oxygen atoms in total. The average Bonchev–Trinajstić information content (AvgIpc) is 3.02.